The fourth-order valence-electron chi connectivity index (χ4n) is 3.35. The van der Waals surface area contributed by atoms with Crippen molar-refractivity contribution >= 4 is 5.91 Å². The van der Waals surface area contributed by atoms with Crippen LogP contribution in [0, 0.1) is 11.8 Å². The quantitative estimate of drug-likeness (QED) is 0.809. The minimum atomic E-state index is 0.251. The molecule has 1 aliphatic heterocycles. The molecule has 1 amide bonds. The van der Waals surface area contributed by atoms with Crippen LogP contribution >= 0.6 is 0 Å². The Morgan fingerprint density at radius 1 is 1.20 bits per heavy atom. The lowest BCUT2D eigenvalue weighted by atomic mass is 10.1. The Morgan fingerprint density at radius 2 is 2.12 bits per heavy atom. The average Bonchev–Trinajstić information content (AvgIpc) is 3.37. The Labute approximate surface area is 147 Å². The zero-order valence-corrected chi connectivity index (χ0v) is 14.4. The molecule has 132 valence electrons. The maximum Gasteiger partial charge on any atom is 0.223 e. The summed E-state index contributed by atoms with van der Waals surface area (Å²) in [7, 11) is 0. The highest BCUT2D eigenvalue weighted by atomic mass is 16.5. The molecule has 0 aromatic carbocycles. The molecule has 2 aromatic heterocycles. The first-order valence-corrected chi connectivity index (χ1v) is 9.03. The molecule has 6 nitrogen and oxygen atoms in total. The monoisotopic (exact) mass is 340 g/mol. The van der Waals surface area contributed by atoms with Crippen LogP contribution in [0.2, 0.25) is 0 Å². The molecule has 25 heavy (non-hydrogen) atoms. The first-order valence-electron chi connectivity index (χ1n) is 9.03. The summed E-state index contributed by atoms with van der Waals surface area (Å²) in [6, 6.07) is 5.94. The predicted molar refractivity (Wildman–Crippen MR) is 92.4 cm³/mol. The van der Waals surface area contributed by atoms with Crippen molar-refractivity contribution in [2.24, 2.45) is 11.8 Å². The number of aromatic nitrogens is 3. The van der Waals surface area contributed by atoms with Gasteiger partial charge in [-0.2, -0.15) is 5.10 Å². The van der Waals surface area contributed by atoms with E-state index in [9.17, 15) is 4.79 Å². The fourth-order valence-corrected chi connectivity index (χ4v) is 3.35. The zero-order valence-electron chi connectivity index (χ0n) is 14.4. The summed E-state index contributed by atoms with van der Waals surface area (Å²) in [5.41, 5.74) is 2.18. The van der Waals surface area contributed by atoms with Crippen LogP contribution in [0.4, 0.5) is 0 Å². The maximum absolute atomic E-state index is 12.6. The summed E-state index contributed by atoms with van der Waals surface area (Å²) >= 11 is 0. The Bertz CT molecular complexity index is 711. The number of fused-ring (bicyclic) bond motifs is 1. The third-order valence-corrected chi connectivity index (χ3v) is 4.93. The van der Waals surface area contributed by atoms with Crippen molar-refractivity contribution in [2.45, 2.75) is 39.0 Å². The van der Waals surface area contributed by atoms with E-state index in [0.29, 0.717) is 32.1 Å². The number of ether oxygens (including phenoxy) is 1. The fraction of sp³-hybridized carbons (Fsp3) is 0.526. The number of nitrogens with zero attached hydrogens (tertiary/aromatic N) is 4. The highest BCUT2D eigenvalue weighted by molar-refractivity contribution is 5.76. The molecule has 1 saturated carbocycles. The number of carbonyl (C=O) groups excluding carboxylic acids is 1. The smallest absolute Gasteiger partial charge is 0.223 e. The number of pyridine rings is 1. The number of rotatable bonds is 6. The van der Waals surface area contributed by atoms with Gasteiger partial charge < -0.3 is 9.64 Å². The Morgan fingerprint density at radius 3 is 2.92 bits per heavy atom. The van der Waals surface area contributed by atoms with Crippen LogP contribution in [-0.2, 0) is 29.2 Å². The van der Waals surface area contributed by atoms with Gasteiger partial charge in [-0.15, -0.1) is 0 Å². The lowest BCUT2D eigenvalue weighted by Crippen LogP contribution is -2.35. The highest BCUT2D eigenvalue weighted by Crippen LogP contribution is 2.33. The zero-order chi connectivity index (χ0) is 17.1. The molecule has 1 aliphatic carbocycles. The Balaban J connectivity index is 1.38. The Hall–Kier alpha value is -2.21. The van der Waals surface area contributed by atoms with Gasteiger partial charge in [-0.25, -0.2) is 0 Å². The van der Waals surface area contributed by atoms with Crippen LogP contribution in [0.1, 0.15) is 30.5 Å². The van der Waals surface area contributed by atoms with Gasteiger partial charge in [-0.3, -0.25) is 14.5 Å². The van der Waals surface area contributed by atoms with Gasteiger partial charge in [0.05, 0.1) is 25.5 Å². The van der Waals surface area contributed by atoms with Gasteiger partial charge in [0.2, 0.25) is 5.91 Å². The first-order chi connectivity index (χ1) is 12.3. The summed E-state index contributed by atoms with van der Waals surface area (Å²) in [4.78, 5) is 18.7. The van der Waals surface area contributed by atoms with Crippen molar-refractivity contribution in [3.8, 4) is 0 Å². The van der Waals surface area contributed by atoms with Gasteiger partial charge in [0.1, 0.15) is 0 Å². The summed E-state index contributed by atoms with van der Waals surface area (Å²) < 4.78 is 7.93. The van der Waals surface area contributed by atoms with Crippen molar-refractivity contribution in [3.63, 3.8) is 0 Å². The van der Waals surface area contributed by atoms with Gasteiger partial charge in [0.15, 0.2) is 0 Å². The SMILES string of the molecule is O=C(CC1CC1)N1Cc2ccnn2CC(COCc2cccnc2)C1. The van der Waals surface area contributed by atoms with E-state index < -0.39 is 0 Å². The van der Waals surface area contributed by atoms with E-state index in [2.05, 4.69) is 10.1 Å². The molecule has 2 aromatic rings. The molecular formula is C19H24N4O2. The molecule has 6 heteroatoms. The average molecular weight is 340 g/mol. The van der Waals surface area contributed by atoms with Gasteiger partial charge in [-0.1, -0.05) is 6.07 Å². The third kappa shape index (κ3) is 4.25. The summed E-state index contributed by atoms with van der Waals surface area (Å²) in [5, 5.41) is 4.41. The number of hydrogen-bond acceptors (Lipinski definition) is 4. The topological polar surface area (TPSA) is 60.2 Å². The van der Waals surface area contributed by atoms with Crippen molar-refractivity contribution in [1.82, 2.24) is 19.7 Å². The highest BCUT2D eigenvalue weighted by Gasteiger charge is 2.30. The molecule has 0 radical (unpaired) electrons. The van der Waals surface area contributed by atoms with Crippen LogP contribution in [-0.4, -0.2) is 38.7 Å². The number of carbonyl (C=O) groups is 1. The second-order valence-electron chi connectivity index (χ2n) is 7.17. The second kappa shape index (κ2) is 7.35. The van der Waals surface area contributed by atoms with Crippen LogP contribution < -0.4 is 0 Å². The van der Waals surface area contributed by atoms with Gasteiger partial charge in [-0.05, 0) is 36.5 Å². The van der Waals surface area contributed by atoms with Gasteiger partial charge >= 0.3 is 0 Å². The van der Waals surface area contributed by atoms with E-state index >= 15 is 0 Å². The molecule has 0 bridgehead atoms. The minimum absolute atomic E-state index is 0.251. The van der Waals surface area contributed by atoms with Crippen LogP contribution in [0.5, 0.6) is 0 Å². The predicted octanol–water partition coefficient (Wildman–Crippen LogP) is 2.25. The van der Waals surface area contributed by atoms with Gasteiger partial charge in [0, 0.05) is 44.0 Å². The second-order valence-corrected chi connectivity index (χ2v) is 7.17. The van der Waals surface area contributed by atoms with E-state index in [1.54, 1.807) is 6.20 Å². The molecule has 0 N–H and O–H groups in total. The third-order valence-electron chi connectivity index (χ3n) is 4.93. The Kier molecular flexibility index (Phi) is 4.78. The molecule has 0 spiro atoms. The maximum atomic E-state index is 12.6. The number of hydrogen-bond donors (Lipinski definition) is 0. The lowest BCUT2D eigenvalue weighted by Gasteiger charge is -2.24. The number of amides is 1. The summed E-state index contributed by atoms with van der Waals surface area (Å²) in [6.07, 6.45) is 8.50. The van der Waals surface area contributed by atoms with E-state index in [1.807, 2.05) is 40.2 Å². The molecule has 2 aliphatic rings. The van der Waals surface area contributed by atoms with Crippen molar-refractivity contribution in [3.05, 3.63) is 48.0 Å². The largest absolute Gasteiger partial charge is 0.376 e. The molecule has 1 unspecified atom stereocenters. The van der Waals surface area contributed by atoms with E-state index in [0.717, 1.165) is 24.3 Å². The van der Waals surface area contributed by atoms with Crippen LogP contribution in [0.3, 0.4) is 0 Å². The van der Waals surface area contributed by atoms with Crippen LogP contribution in [0.25, 0.3) is 0 Å². The van der Waals surface area contributed by atoms with Crippen molar-refractivity contribution < 1.29 is 9.53 Å². The molecule has 0 saturated heterocycles. The molecule has 1 fully saturated rings. The summed E-state index contributed by atoms with van der Waals surface area (Å²) in [6.45, 7) is 3.35. The minimum Gasteiger partial charge on any atom is -0.376 e. The van der Waals surface area contributed by atoms with Crippen LogP contribution in [0.15, 0.2) is 36.8 Å². The summed E-state index contributed by atoms with van der Waals surface area (Å²) in [5.74, 6) is 1.14. The normalized spacial score (nSPS) is 20.2. The molecule has 3 heterocycles. The standard InChI is InChI=1S/C19H24N4O2/c24-19(8-15-3-4-15)22-10-17(11-23-18(12-22)5-7-21-23)14-25-13-16-2-1-6-20-9-16/h1-2,5-7,9,15,17H,3-4,8,10-14H2. The van der Waals surface area contributed by atoms with Gasteiger partial charge in [0.25, 0.3) is 0 Å². The molecule has 4 rings (SSSR count). The van der Waals surface area contributed by atoms with E-state index in [1.165, 1.54) is 12.8 Å². The first kappa shape index (κ1) is 16.3. The van der Waals surface area contributed by atoms with E-state index in [-0.39, 0.29) is 11.8 Å². The van der Waals surface area contributed by atoms with E-state index in [4.69, 9.17) is 4.74 Å². The molecule has 1 atom stereocenters. The van der Waals surface area contributed by atoms with Crippen molar-refractivity contribution in [2.75, 3.05) is 13.2 Å². The lowest BCUT2D eigenvalue weighted by molar-refractivity contribution is -0.133. The van der Waals surface area contributed by atoms with Crippen molar-refractivity contribution in [1.29, 1.82) is 0 Å². The molecular weight excluding hydrogens is 316 g/mol.